The summed E-state index contributed by atoms with van der Waals surface area (Å²) in [7, 11) is 1.68. The van der Waals surface area contributed by atoms with Crippen LogP contribution in [0, 0.1) is 0 Å². The van der Waals surface area contributed by atoms with Gasteiger partial charge in [-0.3, -0.25) is 9.69 Å². The van der Waals surface area contributed by atoms with Crippen molar-refractivity contribution in [3.63, 3.8) is 0 Å². The maximum atomic E-state index is 13.2. The first-order valence-corrected chi connectivity index (χ1v) is 11.9. The minimum atomic E-state index is -0.109. The van der Waals surface area contributed by atoms with E-state index in [-0.39, 0.29) is 5.78 Å². The van der Waals surface area contributed by atoms with Gasteiger partial charge in [0.1, 0.15) is 24.0 Å². The van der Waals surface area contributed by atoms with Crippen LogP contribution in [0.3, 0.4) is 0 Å². The Kier molecular flexibility index (Phi) is 5.76. The van der Waals surface area contributed by atoms with Crippen molar-refractivity contribution in [1.29, 1.82) is 0 Å². The van der Waals surface area contributed by atoms with Crippen molar-refractivity contribution in [3.05, 3.63) is 119 Å². The summed E-state index contributed by atoms with van der Waals surface area (Å²) in [5, 5.41) is 0. The van der Waals surface area contributed by atoms with Gasteiger partial charge >= 0.3 is 0 Å². The summed E-state index contributed by atoms with van der Waals surface area (Å²) in [6.45, 7) is 1.73. The molecule has 2 aliphatic rings. The van der Waals surface area contributed by atoms with E-state index in [1.165, 1.54) is 0 Å². The van der Waals surface area contributed by atoms with Gasteiger partial charge in [-0.2, -0.15) is 0 Å². The van der Waals surface area contributed by atoms with E-state index in [0.717, 1.165) is 39.3 Å². The fourth-order valence-electron chi connectivity index (χ4n) is 4.73. The number of benzene rings is 4. The van der Waals surface area contributed by atoms with Crippen molar-refractivity contribution < 1.29 is 19.0 Å². The SMILES string of the molecule is COc1ccccc1CN1COc2ccc3c(c2C1)O/C(=C\c1ccc(-c2ccccc2)cc1)C3=O. The summed E-state index contributed by atoms with van der Waals surface area (Å²) in [5.74, 6) is 2.41. The van der Waals surface area contributed by atoms with Crippen LogP contribution in [0.25, 0.3) is 17.2 Å². The molecule has 0 atom stereocenters. The third-order valence-electron chi connectivity index (χ3n) is 6.58. The lowest BCUT2D eigenvalue weighted by Crippen LogP contribution is -2.31. The predicted molar refractivity (Wildman–Crippen MR) is 139 cm³/mol. The molecule has 4 aromatic carbocycles. The molecular weight excluding hydrogens is 450 g/mol. The molecule has 2 heterocycles. The number of carbonyl (C=O) groups excluding carboxylic acids is 1. The number of carbonyl (C=O) groups is 1. The number of Topliss-reactive ketones (excluding diaryl/α,β-unsaturated/α-hetero) is 1. The number of ketones is 1. The molecule has 0 N–H and O–H groups in total. The Labute approximate surface area is 210 Å². The standard InChI is InChI=1S/C31H25NO4/c1-34-27-10-6-5-9-24(27)18-32-19-26-28(35-20-32)16-15-25-30(33)29(36-31(25)26)17-21-11-13-23(14-12-21)22-7-3-2-4-8-22/h2-17H,18-20H2,1H3/b29-17-. The van der Waals surface area contributed by atoms with Crippen LogP contribution in [0.2, 0.25) is 0 Å². The van der Waals surface area contributed by atoms with Crippen molar-refractivity contribution in [3.8, 4) is 28.4 Å². The van der Waals surface area contributed by atoms with E-state index < -0.39 is 0 Å². The minimum absolute atomic E-state index is 0.109. The van der Waals surface area contributed by atoms with Crippen LogP contribution < -0.4 is 14.2 Å². The van der Waals surface area contributed by atoms with Crippen LogP contribution in [0.15, 0.2) is 96.8 Å². The maximum absolute atomic E-state index is 13.2. The summed E-state index contributed by atoms with van der Waals surface area (Å²) in [4.78, 5) is 15.3. The summed E-state index contributed by atoms with van der Waals surface area (Å²) < 4.78 is 17.7. The third kappa shape index (κ3) is 4.14. The highest BCUT2D eigenvalue weighted by atomic mass is 16.5. The van der Waals surface area contributed by atoms with Crippen LogP contribution in [-0.4, -0.2) is 24.5 Å². The van der Waals surface area contributed by atoms with E-state index in [0.29, 0.717) is 36.9 Å². The number of nitrogens with zero attached hydrogens (tertiary/aromatic N) is 1. The Morgan fingerprint density at radius 3 is 2.44 bits per heavy atom. The Morgan fingerprint density at radius 1 is 0.889 bits per heavy atom. The number of rotatable bonds is 5. The fraction of sp³-hybridized carbons (Fsp3) is 0.129. The van der Waals surface area contributed by atoms with Gasteiger partial charge in [-0.25, -0.2) is 0 Å². The number of hydrogen-bond acceptors (Lipinski definition) is 5. The Hall–Kier alpha value is -4.35. The van der Waals surface area contributed by atoms with Gasteiger partial charge in [-0.1, -0.05) is 72.8 Å². The van der Waals surface area contributed by atoms with E-state index >= 15 is 0 Å². The average molecular weight is 476 g/mol. The van der Waals surface area contributed by atoms with E-state index in [4.69, 9.17) is 14.2 Å². The topological polar surface area (TPSA) is 48.0 Å². The number of methoxy groups -OCH3 is 1. The Balaban J connectivity index is 1.24. The molecule has 0 amide bonds. The second-order valence-electron chi connectivity index (χ2n) is 8.92. The molecular formula is C31H25NO4. The molecule has 0 aliphatic carbocycles. The van der Waals surface area contributed by atoms with Gasteiger partial charge in [0.15, 0.2) is 5.76 Å². The molecule has 0 saturated carbocycles. The van der Waals surface area contributed by atoms with Crippen molar-refractivity contribution in [2.24, 2.45) is 0 Å². The van der Waals surface area contributed by atoms with Gasteiger partial charge in [0.05, 0.1) is 18.2 Å². The molecule has 178 valence electrons. The second kappa shape index (κ2) is 9.36. The molecule has 2 aliphatic heterocycles. The Bertz CT molecular complexity index is 1460. The zero-order chi connectivity index (χ0) is 24.5. The highest BCUT2D eigenvalue weighted by molar-refractivity contribution is 6.15. The van der Waals surface area contributed by atoms with Crippen LogP contribution in [-0.2, 0) is 13.1 Å². The quantitative estimate of drug-likeness (QED) is 0.316. The molecule has 5 nitrogen and oxygen atoms in total. The van der Waals surface area contributed by atoms with Crippen LogP contribution in [0.1, 0.15) is 27.0 Å². The van der Waals surface area contributed by atoms with E-state index in [2.05, 4.69) is 29.2 Å². The van der Waals surface area contributed by atoms with Crippen molar-refractivity contribution in [2.45, 2.75) is 13.1 Å². The van der Waals surface area contributed by atoms with Gasteiger partial charge in [-0.05, 0) is 41.0 Å². The van der Waals surface area contributed by atoms with Gasteiger partial charge < -0.3 is 14.2 Å². The summed E-state index contributed by atoms with van der Waals surface area (Å²) in [6.07, 6.45) is 1.81. The molecule has 0 bridgehead atoms. The van der Waals surface area contributed by atoms with Gasteiger partial charge in [0.2, 0.25) is 5.78 Å². The van der Waals surface area contributed by atoms with Crippen molar-refractivity contribution in [1.82, 2.24) is 4.90 Å². The predicted octanol–water partition coefficient (Wildman–Crippen LogP) is 6.33. The smallest absolute Gasteiger partial charge is 0.231 e. The zero-order valence-corrected chi connectivity index (χ0v) is 19.9. The van der Waals surface area contributed by atoms with Crippen molar-refractivity contribution in [2.75, 3.05) is 13.8 Å². The lowest BCUT2D eigenvalue weighted by molar-refractivity contribution is 0.0865. The largest absolute Gasteiger partial charge is 0.496 e. The lowest BCUT2D eigenvalue weighted by atomic mass is 10.0. The van der Waals surface area contributed by atoms with Crippen molar-refractivity contribution >= 4 is 11.9 Å². The summed E-state index contributed by atoms with van der Waals surface area (Å²) >= 11 is 0. The molecule has 0 spiro atoms. The molecule has 0 unspecified atom stereocenters. The summed E-state index contributed by atoms with van der Waals surface area (Å²) in [5.41, 5.74) is 5.74. The molecule has 36 heavy (non-hydrogen) atoms. The zero-order valence-electron chi connectivity index (χ0n) is 19.9. The van der Waals surface area contributed by atoms with E-state index in [1.807, 2.05) is 60.7 Å². The van der Waals surface area contributed by atoms with Gasteiger partial charge in [0.25, 0.3) is 0 Å². The number of para-hydroxylation sites is 1. The van der Waals surface area contributed by atoms with Crippen LogP contribution >= 0.6 is 0 Å². The van der Waals surface area contributed by atoms with Crippen LogP contribution in [0.5, 0.6) is 17.2 Å². The van der Waals surface area contributed by atoms with E-state index in [9.17, 15) is 4.79 Å². The first kappa shape index (κ1) is 22.1. The molecule has 5 heteroatoms. The molecule has 0 radical (unpaired) electrons. The summed E-state index contributed by atoms with van der Waals surface area (Å²) in [6, 6.07) is 30.0. The molecule has 6 rings (SSSR count). The van der Waals surface area contributed by atoms with E-state index in [1.54, 1.807) is 19.3 Å². The first-order valence-electron chi connectivity index (χ1n) is 11.9. The molecule has 0 saturated heterocycles. The normalized spacial score (nSPS) is 15.7. The Morgan fingerprint density at radius 2 is 1.64 bits per heavy atom. The maximum Gasteiger partial charge on any atom is 0.231 e. The number of allylic oxidation sites excluding steroid dienone is 1. The third-order valence-corrected chi connectivity index (χ3v) is 6.58. The number of fused-ring (bicyclic) bond motifs is 3. The lowest BCUT2D eigenvalue weighted by Gasteiger charge is -2.30. The van der Waals surface area contributed by atoms with Gasteiger partial charge in [-0.15, -0.1) is 0 Å². The van der Waals surface area contributed by atoms with Crippen LogP contribution in [0.4, 0.5) is 0 Å². The number of ether oxygens (including phenoxy) is 3. The second-order valence-corrected chi connectivity index (χ2v) is 8.92. The highest BCUT2D eigenvalue weighted by Crippen LogP contribution is 2.42. The molecule has 4 aromatic rings. The molecule has 0 aromatic heterocycles. The average Bonchev–Trinajstić information content (AvgIpc) is 3.25. The van der Waals surface area contributed by atoms with Gasteiger partial charge in [0, 0.05) is 18.7 Å². The monoisotopic (exact) mass is 475 g/mol. The highest BCUT2D eigenvalue weighted by Gasteiger charge is 2.33. The number of hydrogen-bond donors (Lipinski definition) is 0. The minimum Gasteiger partial charge on any atom is -0.496 e. The first-order chi connectivity index (χ1) is 17.7. The fourth-order valence-corrected chi connectivity index (χ4v) is 4.73. The molecule has 0 fully saturated rings.